The van der Waals surface area contributed by atoms with Gasteiger partial charge in [0.1, 0.15) is 11.8 Å². The molecule has 1 aromatic heterocycles. The number of halogens is 3. The average Bonchev–Trinajstić information content (AvgIpc) is 3.37. The van der Waals surface area contributed by atoms with Gasteiger partial charge in [0.15, 0.2) is 0 Å². The molecule has 0 aliphatic carbocycles. The maximum atomic E-state index is 13.0. The normalized spacial score (nSPS) is 15.8. The highest BCUT2D eigenvalue weighted by molar-refractivity contribution is 5.94. The number of nitrogens with zero attached hydrogens (tertiary/aromatic N) is 1. The quantitative estimate of drug-likeness (QED) is 0.584. The van der Waals surface area contributed by atoms with Gasteiger partial charge in [0, 0.05) is 24.6 Å². The van der Waals surface area contributed by atoms with Gasteiger partial charge in [-0.15, -0.1) is 0 Å². The molecular weight excluding hydrogens is 433 g/mol. The predicted octanol–water partition coefficient (Wildman–Crippen LogP) is 5.06. The molecule has 172 valence electrons. The van der Waals surface area contributed by atoms with E-state index in [1.807, 2.05) is 36.4 Å². The zero-order chi connectivity index (χ0) is 23.4. The Balaban J connectivity index is 1.37. The first kappa shape index (κ1) is 22.6. The number of carbonyl (C=O) groups is 2. The van der Waals surface area contributed by atoms with Gasteiger partial charge in [-0.2, -0.15) is 13.2 Å². The zero-order valence-corrected chi connectivity index (χ0v) is 17.7. The maximum Gasteiger partial charge on any atom is 0.416 e. The first-order valence-corrected chi connectivity index (χ1v) is 10.7. The molecule has 4 rings (SSSR count). The van der Waals surface area contributed by atoms with Crippen LogP contribution in [0.1, 0.15) is 46.1 Å². The van der Waals surface area contributed by atoms with Crippen LogP contribution in [0.15, 0.2) is 77.4 Å². The number of hydrogen-bond acceptors (Lipinski definition) is 3. The molecule has 1 aliphatic heterocycles. The van der Waals surface area contributed by atoms with Crippen molar-refractivity contribution in [3.63, 3.8) is 0 Å². The number of piperidine rings is 1. The van der Waals surface area contributed by atoms with Gasteiger partial charge in [-0.25, -0.2) is 0 Å². The fraction of sp³-hybridized carbons (Fsp3) is 0.280. The number of carbonyl (C=O) groups excluding carboxylic acids is 2. The number of rotatable bonds is 5. The Kier molecular flexibility index (Phi) is 6.53. The van der Waals surface area contributed by atoms with Gasteiger partial charge in [-0.05, 0) is 54.8 Å². The highest BCUT2D eigenvalue weighted by Crippen LogP contribution is 2.30. The molecule has 2 aromatic carbocycles. The van der Waals surface area contributed by atoms with E-state index < -0.39 is 17.8 Å². The minimum Gasteiger partial charge on any atom is -0.467 e. The largest absolute Gasteiger partial charge is 0.467 e. The standard InChI is InChI=1S/C25H23F3N2O3/c26-25(27,28)20-10-8-19(9-11-20)24(32)30-14-12-18(13-15-30)23(31)29-22(21-7-4-16-33-21)17-5-2-1-3-6-17/h1-11,16,18,22H,12-15H2,(H,29,31). The second-order valence-corrected chi connectivity index (χ2v) is 8.01. The van der Waals surface area contributed by atoms with E-state index in [2.05, 4.69) is 5.32 Å². The van der Waals surface area contributed by atoms with E-state index in [0.717, 1.165) is 17.7 Å². The van der Waals surface area contributed by atoms with Gasteiger partial charge in [0.2, 0.25) is 5.91 Å². The van der Waals surface area contributed by atoms with E-state index in [-0.39, 0.29) is 23.3 Å². The third kappa shape index (κ3) is 5.27. The van der Waals surface area contributed by atoms with Gasteiger partial charge in [-0.3, -0.25) is 9.59 Å². The maximum absolute atomic E-state index is 13.0. The number of hydrogen-bond donors (Lipinski definition) is 1. The van der Waals surface area contributed by atoms with Crippen LogP contribution in [0.4, 0.5) is 13.2 Å². The zero-order valence-electron chi connectivity index (χ0n) is 17.7. The van der Waals surface area contributed by atoms with Crippen molar-refractivity contribution >= 4 is 11.8 Å². The van der Waals surface area contributed by atoms with E-state index in [1.54, 1.807) is 17.2 Å². The first-order chi connectivity index (χ1) is 15.8. The van der Waals surface area contributed by atoms with Crippen molar-refractivity contribution in [2.75, 3.05) is 13.1 Å². The van der Waals surface area contributed by atoms with Crippen LogP contribution in [-0.4, -0.2) is 29.8 Å². The number of benzene rings is 2. The fourth-order valence-electron chi connectivity index (χ4n) is 4.01. The summed E-state index contributed by atoms with van der Waals surface area (Å²) in [5.74, 6) is -0.102. The Morgan fingerprint density at radius 2 is 1.61 bits per heavy atom. The van der Waals surface area contributed by atoms with Crippen LogP contribution < -0.4 is 5.32 Å². The van der Waals surface area contributed by atoms with Crippen LogP contribution in [0.2, 0.25) is 0 Å². The molecule has 33 heavy (non-hydrogen) atoms. The average molecular weight is 456 g/mol. The summed E-state index contributed by atoms with van der Waals surface area (Å²) in [6.45, 7) is 0.712. The second kappa shape index (κ2) is 9.52. The van der Waals surface area contributed by atoms with E-state index in [9.17, 15) is 22.8 Å². The molecule has 1 fully saturated rings. The van der Waals surface area contributed by atoms with Crippen molar-refractivity contribution in [3.8, 4) is 0 Å². The van der Waals surface area contributed by atoms with Crippen LogP contribution in [0.5, 0.6) is 0 Å². The van der Waals surface area contributed by atoms with Crippen LogP contribution in [0, 0.1) is 5.92 Å². The molecule has 1 N–H and O–H groups in total. The summed E-state index contributed by atoms with van der Waals surface area (Å²) < 4.78 is 43.8. The molecule has 1 atom stereocenters. The third-order valence-electron chi connectivity index (χ3n) is 5.86. The molecule has 0 saturated carbocycles. The van der Waals surface area contributed by atoms with E-state index >= 15 is 0 Å². The molecule has 1 aliphatic rings. The molecule has 8 heteroatoms. The van der Waals surface area contributed by atoms with Crippen molar-refractivity contribution in [2.45, 2.75) is 25.1 Å². The number of furan rings is 1. The van der Waals surface area contributed by atoms with Gasteiger partial charge in [-0.1, -0.05) is 30.3 Å². The van der Waals surface area contributed by atoms with Crippen LogP contribution >= 0.6 is 0 Å². The van der Waals surface area contributed by atoms with Crippen molar-refractivity contribution < 1.29 is 27.2 Å². The minimum atomic E-state index is -4.44. The number of alkyl halides is 3. The van der Waals surface area contributed by atoms with Gasteiger partial charge >= 0.3 is 6.18 Å². The summed E-state index contributed by atoms with van der Waals surface area (Å²) in [6.07, 6.45) is -1.95. The summed E-state index contributed by atoms with van der Waals surface area (Å²) >= 11 is 0. The lowest BCUT2D eigenvalue weighted by Crippen LogP contribution is -2.43. The molecule has 0 spiro atoms. The van der Waals surface area contributed by atoms with Crippen LogP contribution in [-0.2, 0) is 11.0 Å². The van der Waals surface area contributed by atoms with Crippen molar-refractivity contribution in [1.82, 2.24) is 10.2 Å². The summed E-state index contributed by atoms with van der Waals surface area (Å²) in [7, 11) is 0. The highest BCUT2D eigenvalue weighted by Gasteiger charge is 2.32. The first-order valence-electron chi connectivity index (χ1n) is 10.7. The molecule has 5 nitrogen and oxygen atoms in total. The van der Waals surface area contributed by atoms with Gasteiger partial charge < -0.3 is 14.6 Å². The molecule has 2 amide bonds. The topological polar surface area (TPSA) is 62.6 Å². The molecular formula is C25H23F3N2O3. The Hall–Kier alpha value is -3.55. The number of nitrogens with one attached hydrogen (secondary N) is 1. The van der Waals surface area contributed by atoms with E-state index in [0.29, 0.717) is 31.7 Å². The van der Waals surface area contributed by atoms with E-state index in [1.165, 1.54) is 12.1 Å². The van der Waals surface area contributed by atoms with Gasteiger partial charge in [0.25, 0.3) is 5.91 Å². The van der Waals surface area contributed by atoms with Gasteiger partial charge in [0.05, 0.1) is 11.8 Å². The minimum absolute atomic E-state index is 0.123. The monoisotopic (exact) mass is 456 g/mol. The van der Waals surface area contributed by atoms with Crippen molar-refractivity contribution in [1.29, 1.82) is 0 Å². The molecule has 2 heterocycles. The van der Waals surface area contributed by atoms with Crippen LogP contribution in [0.3, 0.4) is 0 Å². The summed E-state index contributed by atoms with van der Waals surface area (Å²) in [4.78, 5) is 27.3. The predicted molar refractivity (Wildman–Crippen MR) is 115 cm³/mol. The summed E-state index contributed by atoms with van der Waals surface area (Å²) in [6, 6.07) is 16.9. The van der Waals surface area contributed by atoms with E-state index in [4.69, 9.17) is 4.42 Å². The second-order valence-electron chi connectivity index (χ2n) is 8.01. The lowest BCUT2D eigenvalue weighted by Gasteiger charge is -2.32. The SMILES string of the molecule is O=C(NC(c1ccccc1)c1ccco1)C1CCN(C(=O)c2ccc(C(F)(F)F)cc2)CC1. The molecule has 1 saturated heterocycles. The number of amides is 2. The smallest absolute Gasteiger partial charge is 0.416 e. The molecule has 0 radical (unpaired) electrons. The Morgan fingerprint density at radius 1 is 0.939 bits per heavy atom. The number of likely N-dealkylation sites (tertiary alicyclic amines) is 1. The highest BCUT2D eigenvalue weighted by atomic mass is 19.4. The molecule has 1 unspecified atom stereocenters. The Labute approximate surface area is 189 Å². The summed E-state index contributed by atoms with van der Waals surface area (Å²) in [5, 5.41) is 3.06. The third-order valence-corrected chi connectivity index (χ3v) is 5.86. The Bertz CT molecular complexity index is 1070. The van der Waals surface area contributed by atoms with Crippen molar-refractivity contribution in [3.05, 3.63) is 95.4 Å². The van der Waals surface area contributed by atoms with Crippen LogP contribution in [0.25, 0.3) is 0 Å². The lowest BCUT2D eigenvalue weighted by atomic mass is 9.94. The molecule has 3 aromatic rings. The fourth-order valence-corrected chi connectivity index (χ4v) is 4.01. The molecule has 0 bridgehead atoms. The Morgan fingerprint density at radius 3 is 2.18 bits per heavy atom. The lowest BCUT2D eigenvalue weighted by molar-refractivity contribution is -0.137. The summed E-state index contributed by atoms with van der Waals surface area (Å²) in [5.41, 5.74) is 0.308. The van der Waals surface area contributed by atoms with Crippen molar-refractivity contribution in [2.24, 2.45) is 5.92 Å².